The van der Waals surface area contributed by atoms with Gasteiger partial charge in [-0.05, 0) is 31.0 Å². The highest BCUT2D eigenvalue weighted by Gasteiger charge is 2.24. The number of para-hydroxylation sites is 2. The summed E-state index contributed by atoms with van der Waals surface area (Å²) < 4.78 is 7.44. The van der Waals surface area contributed by atoms with Crippen LogP contribution in [0.1, 0.15) is 32.1 Å². The summed E-state index contributed by atoms with van der Waals surface area (Å²) in [6.07, 6.45) is 5.67. The molecule has 4 rings (SSSR count). The van der Waals surface area contributed by atoms with Gasteiger partial charge in [-0.1, -0.05) is 43.2 Å². The number of non-ortho nitro benzene ring substituents is 1. The lowest BCUT2D eigenvalue weighted by Gasteiger charge is -2.31. The lowest BCUT2D eigenvalue weighted by Crippen LogP contribution is -2.39. The van der Waals surface area contributed by atoms with E-state index >= 15 is 0 Å². The van der Waals surface area contributed by atoms with E-state index in [0.717, 1.165) is 36.9 Å². The van der Waals surface area contributed by atoms with Gasteiger partial charge in [0.15, 0.2) is 5.16 Å². The number of aromatic nitrogens is 2. The number of benzene rings is 2. The van der Waals surface area contributed by atoms with Crippen LogP contribution in [-0.4, -0.2) is 51.2 Å². The first kappa shape index (κ1) is 22.1. The molecule has 0 aliphatic heterocycles. The number of hydrogen-bond acceptors (Lipinski definition) is 6. The minimum absolute atomic E-state index is 0.0214. The molecular formula is C23H26N4O4S. The fourth-order valence-electron chi connectivity index (χ4n) is 4.20. The predicted octanol–water partition coefficient (Wildman–Crippen LogP) is 4.83. The Labute approximate surface area is 190 Å². The number of imidazole rings is 1. The standard InChI is InChI=1S/C23H26N4O4S/c1-25(16-8-4-3-5-9-16)22(28)15-32-23-24-18-14-17(27(29)30)12-13-19(18)26(23)20-10-6-7-11-21(20)31-2/h6-7,10-14,16H,3-5,8-9,15H2,1-2H3. The number of rotatable bonds is 7. The van der Waals surface area contributed by atoms with E-state index in [4.69, 9.17) is 4.74 Å². The molecule has 1 aliphatic rings. The Morgan fingerprint density at radius 3 is 2.72 bits per heavy atom. The molecule has 0 bridgehead atoms. The van der Waals surface area contributed by atoms with Gasteiger partial charge in [0.2, 0.25) is 5.91 Å². The minimum atomic E-state index is -0.433. The number of nitrogens with zero attached hydrogens (tertiary/aromatic N) is 4. The maximum atomic E-state index is 12.9. The molecule has 1 fully saturated rings. The molecule has 0 atom stereocenters. The van der Waals surface area contributed by atoms with Crippen molar-refractivity contribution in [1.82, 2.24) is 14.5 Å². The van der Waals surface area contributed by atoms with Crippen LogP contribution in [-0.2, 0) is 4.79 Å². The highest BCUT2D eigenvalue weighted by molar-refractivity contribution is 7.99. The first-order chi connectivity index (χ1) is 15.5. The SMILES string of the molecule is COc1ccccc1-n1c(SCC(=O)N(C)C2CCCCC2)nc2cc([N+](=O)[O-])ccc21. The molecule has 1 aromatic heterocycles. The molecule has 1 saturated carbocycles. The van der Waals surface area contributed by atoms with Crippen molar-refractivity contribution in [3.05, 3.63) is 52.6 Å². The van der Waals surface area contributed by atoms with Crippen molar-refractivity contribution in [2.24, 2.45) is 0 Å². The van der Waals surface area contributed by atoms with Gasteiger partial charge in [0.25, 0.3) is 5.69 Å². The number of thioether (sulfide) groups is 1. The average Bonchev–Trinajstić information content (AvgIpc) is 3.19. The fourth-order valence-corrected chi connectivity index (χ4v) is 5.15. The Morgan fingerprint density at radius 1 is 1.25 bits per heavy atom. The summed E-state index contributed by atoms with van der Waals surface area (Å²) in [5, 5.41) is 11.8. The van der Waals surface area contributed by atoms with Crippen LogP contribution in [0, 0.1) is 10.1 Å². The molecule has 0 saturated heterocycles. The lowest BCUT2D eigenvalue weighted by molar-refractivity contribution is -0.384. The van der Waals surface area contributed by atoms with Crippen molar-refractivity contribution in [2.75, 3.05) is 19.9 Å². The number of hydrogen-bond donors (Lipinski definition) is 0. The number of fused-ring (bicyclic) bond motifs is 1. The van der Waals surface area contributed by atoms with Gasteiger partial charge in [-0.25, -0.2) is 4.98 Å². The zero-order valence-electron chi connectivity index (χ0n) is 18.2. The van der Waals surface area contributed by atoms with Crippen LogP contribution >= 0.6 is 11.8 Å². The number of carbonyl (C=O) groups is 1. The molecule has 9 heteroatoms. The first-order valence-electron chi connectivity index (χ1n) is 10.7. The van der Waals surface area contributed by atoms with Gasteiger partial charge in [0, 0.05) is 25.2 Å². The second kappa shape index (κ2) is 9.60. The fraction of sp³-hybridized carbons (Fsp3) is 0.391. The van der Waals surface area contributed by atoms with Crippen molar-refractivity contribution in [2.45, 2.75) is 43.3 Å². The van der Waals surface area contributed by atoms with Gasteiger partial charge >= 0.3 is 0 Å². The van der Waals surface area contributed by atoms with Gasteiger partial charge in [-0.2, -0.15) is 0 Å². The average molecular weight is 455 g/mol. The van der Waals surface area contributed by atoms with Gasteiger partial charge in [-0.15, -0.1) is 0 Å². The number of carbonyl (C=O) groups excluding carboxylic acids is 1. The molecule has 32 heavy (non-hydrogen) atoms. The molecule has 0 unspecified atom stereocenters. The monoisotopic (exact) mass is 454 g/mol. The van der Waals surface area contributed by atoms with E-state index in [2.05, 4.69) is 4.98 Å². The number of nitro benzene ring substituents is 1. The Bertz CT molecular complexity index is 1140. The quantitative estimate of drug-likeness (QED) is 0.289. The largest absolute Gasteiger partial charge is 0.495 e. The van der Waals surface area contributed by atoms with Gasteiger partial charge < -0.3 is 9.64 Å². The highest BCUT2D eigenvalue weighted by atomic mass is 32.2. The van der Waals surface area contributed by atoms with Crippen molar-refractivity contribution in [1.29, 1.82) is 0 Å². The van der Waals surface area contributed by atoms with Crippen molar-refractivity contribution in [3.63, 3.8) is 0 Å². The molecule has 0 radical (unpaired) electrons. The number of ether oxygens (including phenoxy) is 1. The van der Waals surface area contributed by atoms with Crippen LogP contribution in [0.5, 0.6) is 5.75 Å². The van der Waals surface area contributed by atoms with E-state index in [-0.39, 0.29) is 17.3 Å². The van der Waals surface area contributed by atoms with Crippen LogP contribution < -0.4 is 4.74 Å². The molecule has 0 N–H and O–H groups in total. The zero-order chi connectivity index (χ0) is 22.7. The molecule has 168 valence electrons. The number of amides is 1. The van der Waals surface area contributed by atoms with Crippen LogP contribution in [0.15, 0.2) is 47.6 Å². The molecule has 1 amide bonds. The van der Waals surface area contributed by atoms with Gasteiger partial charge in [0.05, 0.1) is 34.5 Å². The molecular weight excluding hydrogens is 428 g/mol. The van der Waals surface area contributed by atoms with E-state index in [1.54, 1.807) is 13.2 Å². The Kier molecular flexibility index (Phi) is 6.64. The predicted molar refractivity (Wildman–Crippen MR) is 125 cm³/mol. The molecule has 2 aromatic carbocycles. The first-order valence-corrected chi connectivity index (χ1v) is 11.7. The summed E-state index contributed by atoms with van der Waals surface area (Å²) in [5.41, 5.74) is 1.96. The summed E-state index contributed by atoms with van der Waals surface area (Å²) in [5.74, 6) is 0.956. The van der Waals surface area contributed by atoms with E-state index < -0.39 is 4.92 Å². The number of nitro groups is 1. The Balaban J connectivity index is 1.68. The summed E-state index contributed by atoms with van der Waals surface area (Å²) in [6.45, 7) is 0. The van der Waals surface area contributed by atoms with Crippen molar-refractivity contribution >= 4 is 34.4 Å². The van der Waals surface area contributed by atoms with Gasteiger partial charge in [-0.3, -0.25) is 19.5 Å². The van der Waals surface area contributed by atoms with E-state index in [1.165, 1.54) is 30.3 Å². The molecule has 1 heterocycles. The molecule has 3 aromatic rings. The molecule has 8 nitrogen and oxygen atoms in total. The zero-order valence-corrected chi connectivity index (χ0v) is 19.0. The highest BCUT2D eigenvalue weighted by Crippen LogP contribution is 2.34. The Hall–Kier alpha value is -3.07. The maximum Gasteiger partial charge on any atom is 0.271 e. The second-order valence-electron chi connectivity index (χ2n) is 7.92. The topological polar surface area (TPSA) is 90.5 Å². The van der Waals surface area contributed by atoms with E-state index in [9.17, 15) is 14.9 Å². The minimum Gasteiger partial charge on any atom is -0.495 e. The van der Waals surface area contributed by atoms with E-state index in [0.29, 0.717) is 22.5 Å². The normalized spacial score (nSPS) is 14.4. The van der Waals surface area contributed by atoms with Crippen LogP contribution in [0.25, 0.3) is 16.7 Å². The van der Waals surface area contributed by atoms with Crippen molar-refractivity contribution < 1.29 is 14.5 Å². The smallest absolute Gasteiger partial charge is 0.271 e. The lowest BCUT2D eigenvalue weighted by atomic mass is 9.94. The number of methoxy groups -OCH3 is 1. The molecule has 0 spiro atoms. The second-order valence-corrected chi connectivity index (χ2v) is 8.86. The molecule has 1 aliphatic carbocycles. The third kappa shape index (κ3) is 4.43. The Morgan fingerprint density at radius 2 is 2.00 bits per heavy atom. The van der Waals surface area contributed by atoms with Crippen LogP contribution in [0.4, 0.5) is 5.69 Å². The van der Waals surface area contributed by atoms with Crippen LogP contribution in [0.3, 0.4) is 0 Å². The summed E-state index contributed by atoms with van der Waals surface area (Å²) in [7, 11) is 3.48. The van der Waals surface area contributed by atoms with Crippen molar-refractivity contribution in [3.8, 4) is 11.4 Å². The third-order valence-electron chi connectivity index (χ3n) is 5.98. The van der Waals surface area contributed by atoms with Crippen LogP contribution in [0.2, 0.25) is 0 Å². The summed E-state index contributed by atoms with van der Waals surface area (Å²) >= 11 is 1.34. The maximum absolute atomic E-state index is 12.9. The summed E-state index contributed by atoms with van der Waals surface area (Å²) in [6, 6.07) is 12.4. The third-order valence-corrected chi connectivity index (χ3v) is 6.91. The summed E-state index contributed by atoms with van der Waals surface area (Å²) in [4.78, 5) is 30.2. The van der Waals surface area contributed by atoms with E-state index in [1.807, 2.05) is 40.8 Å². The van der Waals surface area contributed by atoms with Gasteiger partial charge in [0.1, 0.15) is 5.75 Å².